The topological polar surface area (TPSA) is 33.6 Å². The van der Waals surface area contributed by atoms with Crippen LogP contribution in [0.5, 0.6) is 0 Å². The lowest BCUT2D eigenvalue weighted by Crippen LogP contribution is -1.98. The quantitative estimate of drug-likeness (QED) is 0.275. The molecular formula is C33H23N3. The van der Waals surface area contributed by atoms with Crippen molar-refractivity contribution in [2.24, 2.45) is 0 Å². The van der Waals surface area contributed by atoms with Crippen molar-refractivity contribution in [1.29, 1.82) is 0 Å². The normalized spacial score (nSPS) is 13.2. The average molecular weight is 462 g/mol. The summed E-state index contributed by atoms with van der Waals surface area (Å²) in [5.41, 5.74) is 9.87. The van der Waals surface area contributed by atoms with Gasteiger partial charge in [-0.1, -0.05) is 66.7 Å². The Morgan fingerprint density at radius 3 is 2.36 bits per heavy atom. The van der Waals surface area contributed by atoms with Gasteiger partial charge in [0.1, 0.15) is 0 Å². The highest BCUT2D eigenvalue weighted by atomic mass is 15.3. The monoisotopic (exact) mass is 461 g/mol. The largest absolute Gasteiger partial charge is 0.354 e. The summed E-state index contributed by atoms with van der Waals surface area (Å²) in [6, 6.07) is 32.5. The molecule has 0 fully saturated rings. The fourth-order valence-corrected chi connectivity index (χ4v) is 6.08. The van der Waals surface area contributed by atoms with Gasteiger partial charge in [0, 0.05) is 27.2 Å². The lowest BCUT2D eigenvalue weighted by Gasteiger charge is -2.18. The molecule has 2 aromatic heterocycles. The molecule has 1 aliphatic rings. The molecule has 1 N–H and O–H groups in total. The molecule has 36 heavy (non-hydrogen) atoms. The Labute approximate surface area is 208 Å². The van der Waals surface area contributed by atoms with Gasteiger partial charge in [0.25, 0.3) is 0 Å². The van der Waals surface area contributed by atoms with Crippen LogP contribution in [0.4, 0.5) is 0 Å². The first-order chi connectivity index (χ1) is 17.9. The highest BCUT2D eigenvalue weighted by Gasteiger charge is 2.20. The van der Waals surface area contributed by atoms with Gasteiger partial charge in [0.2, 0.25) is 0 Å². The number of hydrogen-bond donors (Lipinski definition) is 1. The van der Waals surface area contributed by atoms with Gasteiger partial charge in [-0.15, -0.1) is 0 Å². The van der Waals surface area contributed by atoms with Crippen molar-refractivity contribution in [3.8, 4) is 16.8 Å². The first kappa shape index (κ1) is 19.7. The fraction of sp³-hybridized carbons (Fsp3) is 0.0606. The van der Waals surface area contributed by atoms with E-state index in [0.717, 1.165) is 29.6 Å². The molecule has 3 heteroatoms. The molecule has 0 aliphatic heterocycles. The van der Waals surface area contributed by atoms with Crippen molar-refractivity contribution >= 4 is 49.6 Å². The van der Waals surface area contributed by atoms with Crippen molar-refractivity contribution in [1.82, 2.24) is 14.8 Å². The van der Waals surface area contributed by atoms with Crippen LogP contribution in [0.2, 0.25) is 0 Å². The predicted molar refractivity (Wildman–Crippen MR) is 151 cm³/mol. The Morgan fingerprint density at radius 1 is 0.722 bits per heavy atom. The number of allylic oxidation sites excluding steroid dienone is 1. The van der Waals surface area contributed by atoms with Crippen LogP contribution < -0.4 is 0 Å². The smallest absolute Gasteiger partial charge is 0.0748 e. The van der Waals surface area contributed by atoms with E-state index < -0.39 is 0 Å². The second-order valence-electron chi connectivity index (χ2n) is 9.65. The highest BCUT2D eigenvalue weighted by molar-refractivity contribution is 6.29. The van der Waals surface area contributed by atoms with Gasteiger partial charge in [-0.05, 0) is 82.3 Å². The third-order valence-corrected chi connectivity index (χ3v) is 7.66. The van der Waals surface area contributed by atoms with E-state index in [0.29, 0.717) is 0 Å². The number of hydrogen-bond acceptors (Lipinski definition) is 1. The van der Waals surface area contributed by atoms with E-state index in [9.17, 15) is 0 Å². The summed E-state index contributed by atoms with van der Waals surface area (Å²) in [7, 11) is 0. The Morgan fingerprint density at radius 2 is 1.50 bits per heavy atom. The molecule has 0 spiro atoms. The maximum Gasteiger partial charge on any atom is 0.0748 e. The van der Waals surface area contributed by atoms with Crippen molar-refractivity contribution in [2.75, 3.05) is 0 Å². The summed E-state index contributed by atoms with van der Waals surface area (Å²) < 4.78 is 2.05. The molecule has 0 unspecified atom stereocenters. The summed E-state index contributed by atoms with van der Waals surface area (Å²) in [5, 5.41) is 11.3. The van der Waals surface area contributed by atoms with Crippen LogP contribution in [0.3, 0.4) is 0 Å². The van der Waals surface area contributed by atoms with Crippen LogP contribution in [0.15, 0.2) is 103 Å². The number of nitrogens with one attached hydrogen (secondary N) is 1. The number of fused-ring (bicyclic) bond motifs is 9. The van der Waals surface area contributed by atoms with Crippen LogP contribution in [-0.4, -0.2) is 14.8 Å². The minimum Gasteiger partial charge on any atom is -0.354 e. The lowest BCUT2D eigenvalue weighted by molar-refractivity contribution is 0.911. The fourth-order valence-electron chi connectivity index (χ4n) is 6.08. The van der Waals surface area contributed by atoms with Crippen LogP contribution in [-0.2, 0) is 6.42 Å². The summed E-state index contributed by atoms with van der Waals surface area (Å²) in [5.74, 6) is 0. The number of aromatic nitrogens is 3. The molecule has 170 valence electrons. The van der Waals surface area contributed by atoms with Gasteiger partial charge in [-0.25, -0.2) is 4.68 Å². The Kier molecular flexibility index (Phi) is 4.06. The molecule has 8 rings (SSSR count). The van der Waals surface area contributed by atoms with E-state index in [1.165, 1.54) is 54.7 Å². The number of aromatic amines is 1. The van der Waals surface area contributed by atoms with Crippen molar-refractivity contribution in [3.05, 3.63) is 114 Å². The third kappa shape index (κ3) is 2.71. The van der Waals surface area contributed by atoms with Gasteiger partial charge in [-0.2, -0.15) is 5.10 Å². The Balaban J connectivity index is 1.55. The molecule has 5 aromatic carbocycles. The number of benzene rings is 5. The molecule has 0 radical (unpaired) electrons. The van der Waals surface area contributed by atoms with E-state index in [4.69, 9.17) is 5.10 Å². The first-order valence-corrected chi connectivity index (χ1v) is 12.5. The molecule has 2 heterocycles. The third-order valence-electron chi connectivity index (χ3n) is 7.66. The van der Waals surface area contributed by atoms with E-state index in [1.807, 2.05) is 16.9 Å². The van der Waals surface area contributed by atoms with Crippen LogP contribution in [0.25, 0.3) is 66.4 Å². The van der Waals surface area contributed by atoms with E-state index in [-0.39, 0.29) is 0 Å². The summed E-state index contributed by atoms with van der Waals surface area (Å²) in [6.45, 7) is 0. The molecule has 0 amide bonds. The highest BCUT2D eigenvalue weighted by Crippen LogP contribution is 2.43. The minimum atomic E-state index is 1.06. The number of para-hydroxylation sites is 1. The summed E-state index contributed by atoms with van der Waals surface area (Å²) in [6.07, 6.45) is 8.78. The summed E-state index contributed by atoms with van der Waals surface area (Å²) in [4.78, 5) is 3.72. The van der Waals surface area contributed by atoms with E-state index in [1.54, 1.807) is 0 Å². The Bertz CT molecular complexity index is 1970. The van der Waals surface area contributed by atoms with Crippen LogP contribution >= 0.6 is 0 Å². The molecule has 7 aromatic rings. The number of H-pyrrole nitrogens is 1. The van der Waals surface area contributed by atoms with Crippen molar-refractivity contribution in [3.63, 3.8) is 0 Å². The van der Waals surface area contributed by atoms with Gasteiger partial charge in [-0.3, -0.25) is 0 Å². The second-order valence-corrected chi connectivity index (χ2v) is 9.65. The van der Waals surface area contributed by atoms with Gasteiger partial charge >= 0.3 is 0 Å². The van der Waals surface area contributed by atoms with E-state index >= 15 is 0 Å². The molecule has 0 bridgehead atoms. The van der Waals surface area contributed by atoms with Crippen LogP contribution in [0, 0.1) is 0 Å². The first-order valence-electron chi connectivity index (χ1n) is 12.5. The number of aryl methyl sites for hydroxylation is 1. The predicted octanol–water partition coefficient (Wildman–Crippen LogP) is 8.44. The molecule has 3 nitrogen and oxygen atoms in total. The van der Waals surface area contributed by atoms with Gasteiger partial charge in [0.05, 0.1) is 17.4 Å². The summed E-state index contributed by atoms with van der Waals surface area (Å²) >= 11 is 0. The van der Waals surface area contributed by atoms with Crippen molar-refractivity contribution < 1.29 is 0 Å². The lowest BCUT2D eigenvalue weighted by atomic mass is 9.85. The zero-order valence-corrected chi connectivity index (χ0v) is 19.7. The average Bonchev–Trinajstić information content (AvgIpc) is 3.55. The number of nitrogens with zero attached hydrogens (tertiary/aromatic N) is 2. The maximum atomic E-state index is 4.83. The standard InChI is InChI=1S/C33H23N3/c1-3-9-21(10-4-1)26-19-22-11-7-8-14-24(22)31-25(26)15-16-29-33(31)32-27-20-34-36(23-12-5-2-6-13-23)30(27)18-17-28(32)35-29/h1-7,9-13,15-20,35H,8,14H2. The van der Waals surface area contributed by atoms with E-state index in [2.05, 4.69) is 102 Å². The minimum absolute atomic E-state index is 1.06. The Hall–Kier alpha value is -4.63. The van der Waals surface area contributed by atoms with Crippen molar-refractivity contribution in [2.45, 2.75) is 12.8 Å². The SMILES string of the molecule is C1=Cc2cc(-c3ccccc3)c3ccc4[nH]c5ccc6c(cnn6-c6ccccc6)c5c4c3c2CC1. The zero-order valence-electron chi connectivity index (χ0n) is 19.7. The van der Waals surface area contributed by atoms with Gasteiger partial charge < -0.3 is 4.98 Å². The molecule has 1 aliphatic carbocycles. The zero-order chi connectivity index (χ0) is 23.6. The van der Waals surface area contributed by atoms with Crippen LogP contribution in [0.1, 0.15) is 17.5 Å². The second kappa shape index (κ2) is 7.43. The molecule has 0 saturated carbocycles. The molecular weight excluding hydrogens is 438 g/mol. The molecule has 0 saturated heterocycles. The maximum absolute atomic E-state index is 4.83. The van der Waals surface area contributed by atoms with Gasteiger partial charge in [0.15, 0.2) is 0 Å². The molecule has 0 atom stereocenters. The number of rotatable bonds is 2.